The van der Waals surface area contributed by atoms with Crippen molar-refractivity contribution in [1.29, 1.82) is 0 Å². The van der Waals surface area contributed by atoms with Crippen LogP contribution in [0.15, 0.2) is 30.3 Å². The van der Waals surface area contributed by atoms with Crippen molar-refractivity contribution >= 4 is 17.4 Å². The standard InChI is InChI=1S/C18H24N4O/c1-5-10-19-17-11-16(20-13(4)21-17)18(23)22-15-9-7-6-8-14(15)12(2)3/h6-9,11-12H,5,10H2,1-4H3,(H,22,23)(H,19,20,21). The molecule has 0 saturated carbocycles. The van der Waals surface area contributed by atoms with Crippen LogP contribution in [-0.2, 0) is 0 Å². The van der Waals surface area contributed by atoms with E-state index in [0.717, 1.165) is 24.2 Å². The molecule has 0 aliphatic carbocycles. The third-order valence-electron chi connectivity index (χ3n) is 3.46. The summed E-state index contributed by atoms with van der Waals surface area (Å²) in [5, 5.41) is 6.15. The summed E-state index contributed by atoms with van der Waals surface area (Å²) in [6.45, 7) is 8.89. The average molecular weight is 312 g/mol. The number of aromatic nitrogens is 2. The van der Waals surface area contributed by atoms with Crippen LogP contribution in [0.4, 0.5) is 11.5 Å². The number of nitrogens with zero attached hydrogens (tertiary/aromatic N) is 2. The highest BCUT2D eigenvalue weighted by Crippen LogP contribution is 2.24. The van der Waals surface area contributed by atoms with Crippen molar-refractivity contribution in [1.82, 2.24) is 9.97 Å². The molecule has 0 radical (unpaired) electrons. The Labute approximate surface area is 137 Å². The monoisotopic (exact) mass is 312 g/mol. The molecule has 5 nitrogen and oxygen atoms in total. The molecule has 2 N–H and O–H groups in total. The molecule has 2 aromatic rings. The quantitative estimate of drug-likeness (QED) is 0.846. The van der Waals surface area contributed by atoms with Gasteiger partial charge >= 0.3 is 0 Å². The summed E-state index contributed by atoms with van der Waals surface area (Å²) in [6.07, 6.45) is 0.992. The van der Waals surface area contributed by atoms with E-state index in [-0.39, 0.29) is 5.91 Å². The Morgan fingerprint density at radius 3 is 2.65 bits per heavy atom. The maximum absolute atomic E-state index is 12.5. The predicted octanol–water partition coefficient (Wildman–Crippen LogP) is 3.98. The summed E-state index contributed by atoms with van der Waals surface area (Å²) >= 11 is 0. The van der Waals surface area contributed by atoms with Crippen LogP contribution in [0.2, 0.25) is 0 Å². The maximum atomic E-state index is 12.5. The lowest BCUT2D eigenvalue weighted by molar-refractivity contribution is 0.102. The van der Waals surface area contributed by atoms with Crippen molar-refractivity contribution < 1.29 is 4.79 Å². The summed E-state index contributed by atoms with van der Waals surface area (Å²) < 4.78 is 0. The number of hydrogen-bond acceptors (Lipinski definition) is 4. The molecule has 1 aromatic heterocycles. The Morgan fingerprint density at radius 1 is 1.22 bits per heavy atom. The Hall–Kier alpha value is -2.43. The highest BCUT2D eigenvalue weighted by Gasteiger charge is 2.13. The van der Waals surface area contributed by atoms with Crippen LogP contribution in [0.3, 0.4) is 0 Å². The van der Waals surface area contributed by atoms with Gasteiger partial charge in [-0.25, -0.2) is 9.97 Å². The highest BCUT2D eigenvalue weighted by molar-refractivity contribution is 6.03. The fraction of sp³-hybridized carbons (Fsp3) is 0.389. The first-order valence-corrected chi connectivity index (χ1v) is 8.01. The van der Waals surface area contributed by atoms with Gasteiger partial charge in [0.05, 0.1) is 0 Å². The predicted molar refractivity (Wildman–Crippen MR) is 94.0 cm³/mol. The number of anilines is 2. The molecule has 1 amide bonds. The molecule has 1 heterocycles. The first kappa shape index (κ1) is 16.9. The van der Waals surface area contributed by atoms with Crippen molar-refractivity contribution in [3.63, 3.8) is 0 Å². The van der Waals surface area contributed by atoms with E-state index in [1.165, 1.54) is 0 Å². The minimum Gasteiger partial charge on any atom is -0.370 e. The first-order valence-electron chi connectivity index (χ1n) is 8.01. The summed E-state index contributed by atoms with van der Waals surface area (Å²) in [5.41, 5.74) is 2.30. The number of amides is 1. The molecular weight excluding hydrogens is 288 g/mol. The summed E-state index contributed by atoms with van der Waals surface area (Å²) in [4.78, 5) is 21.1. The number of nitrogens with one attached hydrogen (secondary N) is 2. The number of aryl methyl sites for hydroxylation is 1. The average Bonchev–Trinajstić information content (AvgIpc) is 2.52. The van der Waals surface area contributed by atoms with Gasteiger partial charge in [-0.3, -0.25) is 4.79 Å². The molecule has 23 heavy (non-hydrogen) atoms. The molecule has 0 saturated heterocycles. The number of benzene rings is 1. The molecule has 0 bridgehead atoms. The SMILES string of the molecule is CCCNc1cc(C(=O)Nc2ccccc2C(C)C)nc(C)n1. The van der Waals surface area contributed by atoms with Gasteiger partial charge in [0, 0.05) is 18.3 Å². The minimum absolute atomic E-state index is 0.219. The lowest BCUT2D eigenvalue weighted by atomic mass is 10.0. The topological polar surface area (TPSA) is 66.9 Å². The van der Waals surface area contributed by atoms with Gasteiger partial charge in [-0.05, 0) is 30.9 Å². The van der Waals surface area contributed by atoms with E-state index in [4.69, 9.17) is 0 Å². The summed E-state index contributed by atoms with van der Waals surface area (Å²) in [5.74, 6) is 1.37. The van der Waals surface area contributed by atoms with Crippen LogP contribution in [0.25, 0.3) is 0 Å². The number of hydrogen-bond donors (Lipinski definition) is 2. The second kappa shape index (κ2) is 7.72. The van der Waals surface area contributed by atoms with Gasteiger partial charge < -0.3 is 10.6 Å². The van der Waals surface area contributed by atoms with Crippen LogP contribution >= 0.6 is 0 Å². The van der Waals surface area contributed by atoms with E-state index in [0.29, 0.717) is 23.3 Å². The molecule has 122 valence electrons. The molecule has 1 aromatic carbocycles. The Morgan fingerprint density at radius 2 is 1.96 bits per heavy atom. The van der Waals surface area contributed by atoms with Gasteiger partial charge in [-0.1, -0.05) is 39.0 Å². The largest absolute Gasteiger partial charge is 0.370 e. The fourth-order valence-corrected chi connectivity index (χ4v) is 2.33. The molecule has 0 aliphatic heterocycles. The van der Waals surface area contributed by atoms with Crippen LogP contribution in [0, 0.1) is 6.92 Å². The molecule has 0 fully saturated rings. The van der Waals surface area contributed by atoms with E-state index in [2.05, 4.69) is 41.4 Å². The van der Waals surface area contributed by atoms with Crippen molar-refractivity contribution in [2.24, 2.45) is 0 Å². The molecule has 5 heteroatoms. The molecule has 2 rings (SSSR count). The lowest BCUT2D eigenvalue weighted by Crippen LogP contribution is -2.17. The van der Waals surface area contributed by atoms with E-state index in [1.807, 2.05) is 24.3 Å². The minimum atomic E-state index is -0.219. The van der Waals surface area contributed by atoms with Crippen LogP contribution in [0.5, 0.6) is 0 Å². The number of para-hydroxylation sites is 1. The highest BCUT2D eigenvalue weighted by atomic mass is 16.1. The van der Waals surface area contributed by atoms with Crippen LogP contribution in [-0.4, -0.2) is 22.4 Å². The number of carbonyl (C=O) groups excluding carboxylic acids is 1. The van der Waals surface area contributed by atoms with Gasteiger partial charge in [0.2, 0.25) is 0 Å². The zero-order chi connectivity index (χ0) is 16.8. The van der Waals surface area contributed by atoms with Gasteiger partial charge in [0.1, 0.15) is 17.3 Å². The Balaban J connectivity index is 2.22. The molecule has 0 atom stereocenters. The molecule has 0 aliphatic rings. The first-order chi connectivity index (χ1) is 11.0. The molecule has 0 unspecified atom stereocenters. The zero-order valence-electron chi connectivity index (χ0n) is 14.2. The van der Waals surface area contributed by atoms with Crippen molar-refractivity contribution in [3.8, 4) is 0 Å². The maximum Gasteiger partial charge on any atom is 0.274 e. The smallest absolute Gasteiger partial charge is 0.274 e. The normalized spacial score (nSPS) is 10.7. The van der Waals surface area contributed by atoms with E-state index in [9.17, 15) is 4.79 Å². The Kier molecular flexibility index (Phi) is 5.68. The Bertz CT molecular complexity index is 682. The van der Waals surface area contributed by atoms with Gasteiger partial charge in [-0.15, -0.1) is 0 Å². The van der Waals surface area contributed by atoms with Crippen molar-refractivity contribution in [2.45, 2.75) is 40.0 Å². The van der Waals surface area contributed by atoms with Crippen LogP contribution in [0.1, 0.15) is 55.0 Å². The fourth-order valence-electron chi connectivity index (χ4n) is 2.33. The van der Waals surface area contributed by atoms with Gasteiger partial charge in [0.25, 0.3) is 5.91 Å². The summed E-state index contributed by atoms with van der Waals surface area (Å²) in [6, 6.07) is 9.53. The second-order valence-corrected chi connectivity index (χ2v) is 5.81. The van der Waals surface area contributed by atoms with Crippen LogP contribution < -0.4 is 10.6 Å². The van der Waals surface area contributed by atoms with Crippen molar-refractivity contribution in [3.05, 3.63) is 47.4 Å². The third-order valence-corrected chi connectivity index (χ3v) is 3.46. The number of rotatable bonds is 6. The third kappa shape index (κ3) is 4.52. The van der Waals surface area contributed by atoms with E-state index < -0.39 is 0 Å². The van der Waals surface area contributed by atoms with E-state index >= 15 is 0 Å². The lowest BCUT2D eigenvalue weighted by Gasteiger charge is -2.14. The second-order valence-electron chi connectivity index (χ2n) is 5.81. The number of carbonyl (C=O) groups is 1. The van der Waals surface area contributed by atoms with Gasteiger partial charge in [0.15, 0.2) is 0 Å². The zero-order valence-corrected chi connectivity index (χ0v) is 14.2. The molecule has 0 spiro atoms. The molecular formula is C18H24N4O. The summed E-state index contributed by atoms with van der Waals surface area (Å²) in [7, 11) is 0. The van der Waals surface area contributed by atoms with Gasteiger partial charge in [-0.2, -0.15) is 0 Å². The van der Waals surface area contributed by atoms with Crippen molar-refractivity contribution in [2.75, 3.05) is 17.2 Å². The van der Waals surface area contributed by atoms with E-state index in [1.54, 1.807) is 13.0 Å².